The topological polar surface area (TPSA) is 75.3 Å². The molecule has 9 heteroatoms. The van der Waals surface area contributed by atoms with E-state index < -0.39 is 10.0 Å². The van der Waals surface area contributed by atoms with Crippen LogP contribution in [0.4, 0.5) is 11.4 Å². The Bertz CT molecular complexity index is 1430. The van der Waals surface area contributed by atoms with Crippen LogP contribution in [0.1, 0.15) is 15.9 Å². The summed E-state index contributed by atoms with van der Waals surface area (Å²) in [6, 6.07) is 28.0. The third-order valence-corrected chi connectivity index (χ3v) is 8.27. The molecule has 0 saturated heterocycles. The highest BCUT2D eigenvalue weighted by atomic mass is 35.5. The van der Waals surface area contributed by atoms with Crippen LogP contribution < -0.4 is 10.0 Å². The van der Waals surface area contributed by atoms with Crippen molar-refractivity contribution in [3.05, 3.63) is 118 Å². The van der Waals surface area contributed by atoms with Crippen molar-refractivity contribution in [1.82, 2.24) is 0 Å². The second-order valence-corrected chi connectivity index (χ2v) is 11.0. The lowest BCUT2D eigenvalue weighted by Crippen LogP contribution is -2.14. The van der Waals surface area contributed by atoms with Crippen LogP contribution in [0.15, 0.2) is 107 Å². The maximum atomic E-state index is 12.7. The number of anilines is 2. The van der Waals surface area contributed by atoms with Gasteiger partial charge in [0.05, 0.1) is 20.6 Å². The standard InChI is InChI=1S/C26H20Cl2N2O3S2/c27-23-7-4-8-24(25(23)28)30-35(32,33)22-15-13-20(14-16-22)29-26(31)19-11-9-18(10-12-19)17-34-21-5-2-1-3-6-21/h1-16,30H,17H2,(H,29,31). The van der Waals surface area contributed by atoms with E-state index in [2.05, 4.69) is 22.2 Å². The van der Waals surface area contributed by atoms with Crippen LogP contribution in [0.25, 0.3) is 0 Å². The van der Waals surface area contributed by atoms with Crippen molar-refractivity contribution in [2.75, 3.05) is 10.0 Å². The first kappa shape index (κ1) is 25.1. The van der Waals surface area contributed by atoms with E-state index in [9.17, 15) is 13.2 Å². The largest absolute Gasteiger partial charge is 0.322 e. The van der Waals surface area contributed by atoms with Gasteiger partial charge in [-0.25, -0.2) is 8.42 Å². The molecule has 0 heterocycles. The number of hydrogen-bond donors (Lipinski definition) is 2. The summed E-state index contributed by atoms with van der Waals surface area (Å²) in [5, 5.41) is 3.14. The molecule has 0 fully saturated rings. The average molecular weight is 543 g/mol. The first-order valence-electron chi connectivity index (χ1n) is 10.5. The van der Waals surface area contributed by atoms with E-state index in [0.717, 1.165) is 11.3 Å². The second kappa shape index (κ2) is 11.2. The van der Waals surface area contributed by atoms with Gasteiger partial charge in [-0.2, -0.15) is 0 Å². The molecular formula is C26H20Cl2N2O3S2. The average Bonchev–Trinajstić information content (AvgIpc) is 2.87. The molecule has 0 bridgehead atoms. The number of hydrogen-bond acceptors (Lipinski definition) is 4. The minimum Gasteiger partial charge on any atom is -0.322 e. The van der Waals surface area contributed by atoms with Crippen molar-refractivity contribution >= 4 is 62.3 Å². The van der Waals surface area contributed by atoms with Gasteiger partial charge in [-0.15, -0.1) is 11.8 Å². The van der Waals surface area contributed by atoms with Crippen molar-refractivity contribution in [2.24, 2.45) is 0 Å². The number of nitrogens with one attached hydrogen (secondary N) is 2. The van der Waals surface area contributed by atoms with Gasteiger partial charge >= 0.3 is 0 Å². The van der Waals surface area contributed by atoms with E-state index in [1.807, 2.05) is 30.3 Å². The van der Waals surface area contributed by atoms with Crippen molar-refractivity contribution in [3.63, 3.8) is 0 Å². The van der Waals surface area contributed by atoms with Gasteiger partial charge in [0.2, 0.25) is 0 Å². The predicted molar refractivity (Wildman–Crippen MR) is 144 cm³/mol. The molecule has 0 aliphatic carbocycles. The fraction of sp³-hybridized carbons (Fsp3) is 0.0385. The highest BCUT2D eigenvalue weighted by Gasteiger charge is 2.17. The molecule has 0 spiro atoms. The molecule has 0 aromatic heterocycles. The zero-order valence-electron chi connectivity index (χ0n) is 18.2. The fourth-order valence-electron chi connectivity index (χ4n) is 3.14. The molecule has 4 aromatic carbocycles. The van der Waals surface area contributed by atoms with E-state index in [4.69, 9.17) is 23.2 Å². The third kappa shape index (κ3) is 6.58. The first-order chi connectivity index (χ1) is 16.8. The van der Waals surface area contributed by atoms with Gasteiger partial charge in [-0.05, 0) is 66.2 Å². The van der Waals surface area contributed by atoms with E-state index in [0.29, 0.717) is 11.3 Å². The number of rotatable bonds is 8. The van der Waals surface area contributed by atoms with Crippen LogP contribution in [-0.2, 0) is 15.8 Å². The molecule has 0 aliphatic heterocycles. The lowest BCUT2D eigenvalue weighted by atomic mass is 10.1. The summed E-state index contributed by atoms with van der Waals surface area (Å²) in [6.07, 6.45) is 0. The van der Waals surface area contributed by atoms with Gasteiger partial charge in [-0.1, -0.05) is 59.6 Å². The SMILES string of the molecule is O=C(Nc1ccc(S(=O)(=O)Nc2cccc(Cl)c2Cl)cc1)c1ccc(CSc2ccccc2)cc1. The summed E-state index contributed by atoms with van der Waals surface area (Å²) in [5.74, 6) is 0.516. The zero-order chi connectivity index (χ0) is 24.8. The third-order valence-electron chi connectivity index (χ3n) is 4.98. The molecule has 0 unspecified atom stereocenters. The summed E-state index contributed by atoms with van der Waals surface area (Å²) in [5.41, 5.74) is 2.27. The van der Waals surface area contributed by atoms with E-state index >= 15 is 0 Å². The summed E-state index contributed by atoms with van der Waals surface area (Å²) < 4.78 is 27.8. The quantitative estimate of drug-likeness (QED) is 0.228. The van der Waals surface area contributed by atoms with Gasteiger partial charge in [-0.3, -0.25) is 9.52 Å². The molecule has 178 valence electrons. The Kier molecular flexibility index (Phi) is 8.03. The number of thioether (sulfide) groups is 1. The van der Waals surface area contributed by atoms with Crippen molar-refractivity contribution in [3.8, 4) is 0 Å². The van der Waals surface area contributed by atoms with Gasteiger partial charge in [0.15, 0.2) is 0 Å². The van der Waals surface area contributed by atoms with Gasteiger partial charge in [0.1, 0.15) is 0 Å². The number of halogens is 2. The molecule has 35 heavy (non-hydrogen) atoms. The van der Waals surface area contributed by atoms with Crippen molar-refractivity contribution in [1.29, 1.82) is 0 Å². The zero-order valence-corrected chi connectivity index (χ0v) is 21.4. The van der Waals surface area contributed by atoms with Crippen LogP contribution in [0.2, 0.25) is 10.0 Å². The minimum atomic E-state index is -3.89. The Hall–Kier alpha value is -2.97. The first-order valence-corrected chi connectivity index (χ1v) is 13.7. The maximum Gasteiger partial charge on any atom is 0.261 e. The molecule has 4 aromatic rings. The Balaban J connectivity index is 1.37. The Morgan fingerprint density at radius 1 is 0.800 bits per heavy atom. The summed E-state index contributed by atoms with van der Waals surface area (Å²) >= 11 is 13.8. The smallest absolute Gasteiger partial charge is 0.261 e. The van der Waals surface area contributed by atoms with Gasteiger partial charge in [0.25, 0.3) is 15.9 Å². The van der Waals surface area contributed by atoms with Crippen LogP contribution in [0, 0.1) is 0 Å². The monoisotopic (exact) mass is 542 g/mol. The second-order valence-electron chi connectivity index (χ2n) is 7.48. The lowest BCUT2D eigenvalue weighted by Gasteiger charge is -2.11. The maximum absolute atomic E-state index is 12.7. The number of benzene rings is 4. The fourth-order valence-corrected chi connectivity index (χ4v) is 5.49. The molecule has 0 saturated carbocycles. The molecule has 0 radical (unpaired) electrons. The van der Waals surface area contributed by atoms with E-state index in [1.54, 1.807) is 36.0 Å². The van der Waals surface area contributed by atoms with Crippen LogP contribution in [0.3, 0.4) is 0 Å². The van der Waals surface area contributed by atoms with Crippen molar-refractivity contribution in [2.45, 2.75) is 15.5 Å². The van der Waals surface area contributed by atoms with E-state index in [-0.39, 0.29) is 26.5 Å². The number of amides is 1. The van der Waals surface area contributed by atoms with Gasteiger partial charge < -0.3 is 5.32 Å². The molecule has 4 rings (SSSR count). The van der Waals surface area contributed by atoms with Crippen LogP contribution in [0.5, 0.6) is 0 Å². The summed E-state index contributed by atoms with van der Waals surface area (Å²) in [4.78, 5) is 13.8. The number of carbonyl (C=O) groups is 1. The minimum absolute atomic E-state index is 0.0202. The molecule has 0 atom stereocenters. The number of carbonyl (C=O) groups excluding carboxylic acids is 1. The van der Waals surface area contributed by atoms with Crippen LogP contribution >= 0.6 is 35.0 Å². The van der Waals surface area contributed by atoms with Gasteiger partial charge in [0, 0.05) is 21.9 Å². The molecular weight excluding hydrogens is 523 g/mol. The Labute approximate surface area is 218 Å². The summed E-state index contributed by atoms with van der Waals surface area (Å²) in [7, 11) is -3.89. The highest BCUT2D eigenvalue weighted by molar-refractivity contribution is 7.98. The normalized spacial score (nSPS) is 11.1. The van der Waals surface area contributed by atoms with Crippen LogP contribution in [-0.4, -0.2) is 14.3 Å². The predicted octanol–water partition coefficient (Wildman–Crippen LogP) is 7.34. The molecule has 5 nitrogen and oxygen atoms in total. The van der Waals surface area contributed by atoms with E-state index in [1.165, 1.54) is 35.2 Å². The number of sulfonamides is 1. The highest BCUT2D eigenvalue weighted by Crippen LogP contribution is 2.31. The summed E-state index contributed by atoms with van der Waals surface area (Å²) in [6.45, 7) is 0. The Morgan fingerprint density at radius 2 is 1.49 bits per heavy atom. The Morgan fingerprint density at radius 3 is 2.17 bits per heavy atom. The molecule has 2 N–H and O–H groups in total. The lowest BCUT2D eigenvalue weighted by molar-refractivity contribution is 0.102. The molecule has 1 amide bonds. The molecule has 0 aliphatic rings. The van der Waals surface area contributed by atoms with Crippen molar-refractivity contribution < 1.29 is 13.2 Å².